The van der Waals surface area contributed by atoms with Gasteiger partial charge in [0, 0.05) is 5.57 Å². The fourth-order valence-corrected chi connectivity index (χ4v) is 1.98. The van der Waals surface area contributed by atoms with Gasteiger partial charge in [-0.25, -0.2) is 4.79 Å². The lowest BCUT2D eigenvalue weighted by Gasteiger charge is -2.15. The molecule has 1 atom stereocenters. The summed E-state index contributed by atoms with van der Waals surface area (Å²) in [5, 5.41) is 0. The average Bonchev–Trinajstić information content (AvgIpc) is 2.44. The third-order valence-corrected chi connectivity index (χ3v) is 3.20. The van der Waals surface area contributed by atoms with Gasteiger partial charge in [-0.15, -0.1) is 0 Å². The molecule has 0 fully saturated rings. The van der Waals surface area contributed by atoms with Crippen LogP contribution >= 0.6 is 0 Å². The van der Waals surface area contributed by atoms with Crippen molar-refractivity contribution in [3.63, 3.8) is 0 Å². The van der Waals surface area contributed by atoms with Crippen LogP contribution in [0.5, 0.6) is 0 Å². The van der Waals surface area contributed by atoms with Gasteiger partial charge in [-0.2, -0.15) is 0 Å². The number of carbonyl (C=O) groups excluding carboxylic acids is 2. The summed E-state index contributed by atoms with van der Waals surface area (Å²) < 4.78 is 9.32. The van der Waals surface area contributed by atoms with Gasteiger partial charge >= 0.3 is 11.9 Å². The molecule has 0 bridgehead atoms. The first-order valence-corrected chi connectivity index (χ1v) is 6.93. The Morgan fingerprint density at radius 2 is 1.58 bits per heavy atom. The maximum atomic E-state index is 11.6. The van der Waals surface area contributed by atoms with E-state index in [1.54, 1.807) is 0 Å². The summed E-state index contributed by atoms with van der Waals surface area (Å²) in [5.41, 5.74) is 0.183. The minimum atomic E-state index is -0.580. The second-order valence-corrected chi connectivity index (χ2v) is 4.65. The second kappa shape index (κ2) is 10.6. The summed E-state index contributed by atoms with van der Waals surface area (Å²) in [6, 6.07) is 0. The highest BCUT2D eigenvalue weighted by Gasteiger charge is 2.26. The molecule has 0 aromatic carbocycles. The number of carbonyl (C=O) groups is 2. The van der Waals surface area contributed by atoms with Crippen molar-refractivity contribution in [3.05, 3.63) is 12.2 Å². The zero-order valence-electron chi connectivity index (χ0n) is 12.4. The van der Waals surface area contributed by atoms with Crippen LogP contribution in [0.2, 0.25) is 0 Å². The van der Waals surface area contributed by atoms with E-state index in [0.29, 0.717) is 6.42 Å². The van der Waals surface area contributed by atoms with E-state index < -0.39 is 17.9 Å². The normalized spacial score (nSPS) is 11.7. The topological polar surface area (TPSA) is 52.6 Å². The van der Waals surface area contributed by atoms with Crippen LogP contribution in [-0.2, 0) is 19.1 Å². The van der Waals surface area contributed by atoms with Crippen LogP contribution in [0.15, 0.2) is 12.2 Å². The number of unbranched alkanes of at least 4 members (excludes halogenated alkanes) is 5. The molecule has 0 aromatic rings. The van der Waals surface area contributed by atoms with Crippen LogP contribution < -0.4 is 0 Å². The molecule has 0 rings (SSSR count). The molecule has 0 spiro atoms. The fraction of sp³-hybridized carbons (Fsp3) is 0.733. The Balaban J connectivity index is 4.19. The zero-order valence-corrected chi connectivity index (χ0v) is 12.4. The van der Waals surface area contributed by atoms with Gasteiger partial charge in [0.25, 0.3) is 0 Å². The Labute approximate surface area is 116 Å². The Kier molecular flexibility index (Phi) is 9.85. The summed E-state index contributed by atoms with van der Waals surface area (Å²) >= 11 is 0. The van der Waals surface area contributed by atoms with Crippen LogP contribution in [0.1, 0.15) is 51.9 Å². The van der Waals surface area contributed by atoms with Gasteiger partial charge < -0.3 is 9.47 Å². The summed E-state index contributed by atoms with van der Waals surface area (Å²) in [6.07, 6.45) is 7.37. The first kappa shape index (κ1) is 17.7. The lowest BCUT2D eigenvalue weighted by Crippen LogP contribution is -2.23. The van der Waals surface area contributed by atoms with E-state index in [4.69, 9.17) is 4.74 Å². The Morgan fingerprint density at radius 1 is 1.00 bits per heavy atom. The Hall–Kier alpha value is -1.32. The van der Waals surface area contributed by atoms with Crippen molar-refractivity contribution in [3.8, 4) is 0 Å². The average molecular weight is 270 g/mol. The molecule has 1 unspecified atom stereocenters. The molecule has 0 aliphatic rings. The molecule has 0 radical (unpaired) electrons. The number of ether oxygens (including phenoxy) is 2. The van der Waals surface area contributed by atoms with Crippen LogP contribution in [-0.4, -0.2) is 26.2 Å². The quantitative estimate of drug-likeness (QED) is 0.347. The number of esters is 2. The number of rotatable bonds is 10. The van der Waals surface area contributed by atoms with Crippen LogP contribution in [0.4, 0.5) is 0 Å². The first-order valence-electron chi connectivity index (χ1n) is 6.93. The summed E-state index contributed by atoms with van der Waals surface area (Å²) in [5.74, 6) is -1.53. The van der Waals surface area contributed by atoms with Crippen molar-refractivity contribution in [1.82, 2.24) is 0 Å². The van der Waals surface area contributed by atoms with Gasteiger partial charge in [0.1, 0.15) is 0 Å². The van der Waals surface area contributed by atoms with E-state index in [0.717, 1.165) is 19.3 Å². The van der Waals surface area contributed by atoms with Gasteiger partial charge in [-0.05, 0) is 6.42 Å². The third-order valence-electron chi connectivity index (χ3n) is 3.20. The minimum absolute atomic E-state index is 0.183. The van der Waals surface area contributed by atoms with Crippen LogP contribution in [0, 0.1) is 5.92 Å². The molecule has 0 saturated heterocycles. The molecule has 0 aliphatic carbocycles. The molecule has 0 saturated carbocycles. The molecule has 19 heavy (non-hydrogen) atoms. The maximum Gasteiger partial charge on any atom is 0.334 e. The summed E-state index contributed by atoms with van der Waals surface area (Å²) in [4.78, 5) is 23.1. The molecule has 0 aliphatic heterocycles. The molecule has 4 nitrogen and oxygen atoms in total. The monoisotopic (exact) mass is 270 g/mol. The fourth-order valence-electron chi connectivity index (χ4n) is 1.98. The molecular weight excluding hydrogens is 244 g/mol. The highest BCUT2D eigenvalue weighted by Crippen LogP contribution is 2.21. The standard InChI is InChI=1S/C15H26O4/c1-5-6-7-8-9-10-11-13(15(17)19-4)12(2)14(16)18-3/h13H,2,5-11H2,1,3-4H3. The Morgan fingerprint density at radius 3 is 2.11 bits per heavy atom. The van der Waals surface area contributed by atoms with Crippen molar-refractivity contribution in [2.75, 3.05) is 14.2 Å². The van der Waals surface area contributed by atoms with Gasteiger partial charge in [-0.1, -0.05) is 52.0 Å². The van der Waals surface area contributed by atoms with Crippen molar-refractivity contribution in [2.24, 2.45) is 5.92 Å². The SMILES string of the molecule is C=C(C(=O)OC)C(CCCCCCCC)C(=O)OC. The number of hydrogen-bond donors (Lipinski definition) is 0. The van der Waals surface area contributed by atoms with Crippen molar-refractivity contribution >= 4 is 11.9 Å². The number of methoxy groups -OCH3 is 2. The van der Waals surface area contributed by atoms with Gasteiger partial charge in [0.15, 0.2) is 0 Å². The van der Waals surface area contributed by atoms with E-state index in [1.165, 1.54) is 33.5 Å². The molecular formula is C15H26O4. The largest absolute Gasteiger partial charge is 0.469 e. The van der Waals surface area contributed by atoms with E-state index in [-0.39, 0.29) is 5.57 Å². The zero-order chi connectivity index (χ0) is 14.7. The summed E-state index contributed by atoms with van der Waals surface area (Å²) in [7, 11) is 2.60. The predicted octanol–water partition coefficient (Wildman–Crippen LogP) is 3.26. The number of hydrogen-bond acceptors (Lipinski definition) is 4. The lowest BCUT2D eigenvalue weighted by atomic mass is 9.93. The molecule has 0 amide bonds. The van der Waals surface area contributed by atoms with E-state index in [1.807, 2.05) is 0 Å². The maximum absolute atomic E-state index is 11.6. The van der Waals surface area contributed by atoms with Crippen LogP contribution in [0.3, 0.4) is 0 Å². The minimum Gasteiger partial charge on any atom is -0.469 e. The Bertz CT molecular complexity index is 297. The smallest absolute Gasteiger partial charge is 0.334 e. The van der Waals surface area contributed by atoms with Gasteiger partial charge in [0.05, 0.1) is 20.1 Å². The molecule has 0 heterocycles. The van der Waals surface area contributed by atoms with Crippen molar-refractivity contribution in [2.45, 2.75) is 51.9 Å². The third kappa shape index (κ3) is 6.99. The predicted molar refractivity (Wildman–Crippen MR) is 74.7 cm³/mol. The second-order valence-electron chi connectivity index (χ2n) is 4.65. The van der Waals surface area contributed by atoms with Crippen molar-refractivity contribution in [1.29, 1.82) is 0 Å². The van der Waals surface area contributed by atoms with E-state index >= 15 is 0 Å². The first-order chi connectivity index (χ1) is 9.08. The highest BCUT2D eigenvalue weighted by atomic mass is 16.5. The molecule has 0 aromatic heterocycles. The van der Waals surface area contributed by atoms with Gasteiger partial charge in [0.2, 0.25) is 0 Å². The highest BCUT2D eigenvalue weighted by molar-refractivity contribution is 5.94. The molecule has 0 N–H and O–H groups in total. The van der Waals surface area contributed by atoms with Crippen LogP contribution in [0.25, 0.3) is 0 Å². The summed E-state index contributed by atoms with van der Waals surface area (Å²) in [6.45, 7) is 5.82. The van der Waals surface area contributed by atoms with Gasteiger partial charge in [-0.3, -0.25) is 4.79 Å². The lowest BCUT2D eigenvalue weighted by molar-refractivity contribution is -0.147. The van der Waals surface area contributed by atoms with Crippen molar-refractivity contribution < 1.29 is 19.1 Å². The molecule has 4 heteroatoms. The molecule has 110 valence electrons. The van der Waals surface area contributed by atoms with E-state index in [9.17, 15) is 9.59 Å². The van der Waals surface area contributed by atoms with E-state index in [2.05, 4.69) is 18.2 Å².